The lowest BCUT2D eigenvalue weighted by Gasteiger charge is -2.30. The van der Waals surface area contributed by atoms with Gasteiger partial charge in [-0.1, -0.05) is 18.3 Å². The molecule has 5 rings (SSSR count). The Morgan fingerprint density at radius 2 is 2.00 bits per heavy atom. The summed E-state index contributed by atoms with van der Waals surface area (Å²) in [5.74, 6) is 0.271. The molecule has 12 nitrogen and oxygen atoms in total. The van der Waals surface area contributed by atoms with E-state index in [0.29, 0.717) is 37.7 Å². The van der Waals surface area contributed by atoms with Crippen LogP contribution in [0, 0.1) is 17.0 Å². The van der Waals surface area contributed by atoms with Gasteiger partial charge < -0.3 is 15.0 Å². The van der Waals surface area contributed by atoms with Crippen LogP contribution in [0.5, 0.6) is 0 Å². The summed E-state index contributed by atoms with van der Waals surface area (Å²) in [6, 6.07) is 10.00. The average Bonchev–Trinajstić information content (AvgIpc) is 3.51. The first-order chi connectivity index (χ1) is 18.3. The predicted octanol–water partition coefficient (Wildman–Crippen LogP) is 3.60. The second-order valence-electron chi connectivity index (χ2n) is 8.57. The van der Waals surface area contributed by atoms with Crippen LogP contribution in [0.3, 0.4) is 0 Å². The van der Waals surface area contributed by atoms with Crippen LogP contribution in [0.2, 0.25) is 0 Å². The molecule has 0 spiro atoms. The van der Waals surface area contributed by atoms with Gasteiger partial charge in [0.05, 0.1) is 29.4 Å². The molecule has 196 valence electrons. The van der Waals surface area contributed by atoms with Crippen LogP contribution in [-0.4, -0.2) is 62.1 Å². The minimum absolute atomic E-state index is 0.0802. The number of carbonyl (C=O) groups excluding carboxylic acids is 1. The van der Waals surface area contributed by atoms with Crippen LogP contribution in [0.1, 0.15) is 28.7 Å². The van der Waals surface area contributed by atoms with E-state index in [2.05, 4.69) is 25.9 Å². The summed E-state index contributed by atoms with van der Waals surface area (Å²) < 4.78 is 7.15. The number of ether oxygens (including phenoxy) is 1. The number of aryl methyl sites for hydroxylation is 2. The van der Waals surface area contributed by atoms with Gasteiger partial charge in [0.25, 0.3) is 11.6 Å². The molecule has 1 aliphatic rings. The van der Waals surface area contributed by atoms with Crippen LogP contribution < -0.4 is 15.5 Å². The third-order valence-corrected chi connectivity index (χ3v) is 7.26. The number of hydrogen-bond donors (Lipinski definition) is 2. The van der Waals surface area contributed by atoms with Gasteiger partial charge >= 0.3 is 0 Å². The molecule has 0 saturated carbocycles. The molecule has 2 N–H and O–H groups in total. The molecule has 0 atom stereocenters. The van der Waals surface area contributed by atoms with Crippen molar-refractivity contribution in [2.24, 2.45) is 0 Å². The molecule has 2 aromatic heterocycles. The lowest BCUT2D eigenvalue weighted by molar-refractivity contribution is -0.384. The molecule has 14 heteroatoms. The molecule has 2 aromatic carbocycles. The highest BCUT2D eigenvalue weighted by Crippen LogP contribution is 2.29. The molecule has 0 bridgehead atoms. The molecule has 38 heavy (non-hydrogen) atoms. The molecule has 1 saturated heterocycles. The first kappa shape index (κ1) is 25.6. The van der Waals surface area contributed by atoms with Crippen molar-refractivity contribution in [1.82, 2.24) is 25.1 Å². The van der Waals surface area contributed by atoms with Crippen LogP contribution >= 0.6 is 23.6 Å². The smallest absolute Gasteiger partial charge is 0.270 e. The maximum absolute atomic E-state index is 13.2. The van der Waals surface area contributed by atoms with Crippen molar-refractivity contribution in [1.29, 1.82) is 0 Å². The summed E-state index contributed by atoms with van der Waals surface area (Å²) in [7, 11) is 0. The number of non-ortho nitro benzene ring substituents is 1. The zero-order valence-corrected chi connectivity index (χ0v) is 22.3. The molecule has 1 aliphatic heterocycles. The number of nitrogens with zero attached hydrogens (tertiary/aromatic N) is 6. The lowest BCUT2D eigenvalue weighted by atomic mass is 10.1. The number of benzene rings is 2. The monoisotopic (exact) mass is 552 g/mol. The lowest BCUT2D eigenvalue weighted by Crippen LogP contribution is -2.39. The van der Waals surface area contributed by atoms with Gasteiger partial charge in [-0.05, 0) is 49.0 Å². The van der Waals surface area contributed by atoms with Crippen LogP contribution in [-0.2, 0) is 11.2 Å². The predicted molar refractivity (Wildman–Crippen MR) is 148 cm³/mol. The van der Waals surface area contributed by atoms with E-state index < -0.39 is 10.8 Å². The molecule has 0 radical (unpaired) electrons. The second-order valence-corrected chi connectivity index (χ2v) is 9.93. The Kier molecular flexibility index (Phi) is 7.26. The third kappa shape index (κ3) is 5.18. The molecule has 3 heterocycles. The van der Waals surface area contributed by atoms with Gasteiger partial charge in [0.15, 0.2) is 10.9 Å². The molecule has 4 aromatic rings. The fourth-order valence-electron chi connectivity index (χ4n) is 4.16. The number of nitro benzene ring substituents is 1. The number of nitrogens with one attached hydrogen (secondary N) is 2. The minimum atomic E-state index is -0.534. The Balaban J connectivity index is 1.32. The fraction of sp³-hybridized carbons (Fsp3) is 0.292. The fourth-order valence-corrected chi connectivity index (χ4v) is 5.21. The molecule has 1 amide bonds. The zero-order valence-electron chi connectivity index (χ0n) is 20.6. The number of nitro groups is 1. The highest BCUT2D eigenvalue weighted by molar-refractivity contribution is 7.80. The second kappa shape index (κ2) is 10.8. The van der Waals surface area contributed by atoms with E-state index in [-0.39, 0.29) is 16.4 Å². The van der Waals surface area contributed by atoms with Crippen molar-refractivity contribution in [3.63, 3.8) is 0 Å². The number of thiocarbonyl (C=S) groups is 1. The number of amides is 1. The van der Waals surface area contributed by atoms with Gasteiger partial charge in [-0.25, -0.2) is 0 Å². The van der Waals surface area contributed by atoms with E-state index >= 15 is 0 Å². The number of aromatic nitrogens is 4. The Hall–Kier alpha value is -4.01. The van der Waals surface area contributed by atoms with Crippen molar-refractivity contribution in [2.75, 3.05) is 36.5 Å². The van der Waals surface area contributed by atoms with Gasteiger partial charge in [-0.3, -0.25) is 20.2 Å². The Labute approximate surface area is 226 Å². The van der Waals surface area contributed by atoms with Gasteiger partial charge in [-0.15, -0.1) is 10.2 Å². The molecule has 1 fully saturated rings. The van der Waals surface area contributed by atoms with Crippen molar-refractivity contribution in [2.45, 2.75) is 20.3 Å². The molecular weight excluding hydrogens is 528 g/mol. The zero-order chi connectivity index (χ0) is 26.8. The van der Waals surface area contributed by atoms with E-state index in [1.165, 1.54) is 23.5 Å². The van der Waals surface area contributed by atoms with E-state index in [1.54, 1.807) is 10.6 Å². The quantitative estimate of drug-likeness (QED) is 0.207. The van der Waals surface area contributed by atoms with E-state index in [9.17, 15) is 14.9 Å². The maximum Gasteiger partial charge on any atom is 0.270 e. The Morgan fingerprint density at radius 1 is 1.21 bits per heavy atom. The van der Waals surface area contributed by atoms with Gasteiger partial charge in [0.2, 0.25) is 4.96 Å². The molecule has 0 aliphatic carbocycles. The minimum Gasteiger partial charge on any atom is -0.378 e. The first-order valence-corrected chi connectivity index (χ1v) is 13.1. The average molecular weight is 553 g/mol. The van der Waals surface area contributed by atoms with Gasteiger partial charge in [0, 0.05) is 42.9 Å². The number of carbonyl (C=O) groups is 1. The summed E-state index contributed by atoms with van der Waals surface area (Å²) >= 11 is 6.86. The highest BCUT2D eigenvalue weighted by Gasteiger charge is 2.23. The van der Waals surface area contributed by atoms with Gasteiger partial charge in [-0.2, -0.15) is 9.61 Å². The van der Waals surface area contributed by atoms with Gasteiger partial charge in [0.1, 0.15) is 5.01 Å². The Bertz CT molecular complexity index is 1540. The highest BCUT2D eigenvalue weighted by atomic mass is 32.1. The van der Waals surface area contributed by atoms with Crippen LogP contribution in [0.25, 0.3) is 15.5 Å². The molecule has 0 unspecified atom stereocenters. The first-order valence-electron chi connectivity index (χ1n) is 11.9. The van der Waals surface area contributed by atoms with E-state index in [0.717, 1.165) is 33.3 Å². The van der Waals surface area contributed by atoms with Crippen LogP contribution in [0.15, 0.2) is 36.4 Å². The largest absolute Gasteiger partial charge is 0.378 e. The van der Waals surface area contributed by atoms with Crippen molar-refractivity contribution in [3.05, 3.63) is 63.5 Å². The molecular formula is C24H24N8O4S2. The van der Waals surface area contributed by atoms with Crippen LogP contribution in [0.4, 0.5) is 17.1 Å². The normalized spacial score (nSPS) is 13.5. The summed E-state index contributed by atoms with van der Waals surface area (Å²) in [5.41, 5.74) is 3.12. The summed E-state index contributed by atoms with van der Waals surface area (Å²) in [6.07, 6.45) is 0.736. The van der Waals surface area contributed by atoms with E-state index in [1.807, 2.05) is 36.9 Å². The number of anilines is 2. The SMILES string of the molecule is CCc1nnc2sc(-c3ccc(NC(=S)NC(=O)c4cc([N+](=O)[O-])ccc4N4CCOCC4)c(C)c3)nn12. The van der Waals surface area contributed by atoms with Crippen molar-refractivity contribution >= 4 is 56.6 Å². The number of morpholine rings is 1. The maximum atomic E-state index is 13.2. The van der Waals surface area contributed by atoms with E-state index in [4.69, 9.17) is 17.0 Å². The van der Waals surface area contributed by atoms with Crippen molar-refractivity contribution < 1.29 is 14.5 Å². The Morgan fingerprint density at radius 3 is 2.71 bits per heavy atom. The standard InChI is InChI=1S/C24H24N8O4S2/c1-3-20-27-28-24-31(20)29-22(38-24)15-4-6-18(14(2)12-15)25-23(37)26-21(33)17-13-16(32(34)35)5-7-19(17)30-8-10-36-11-9-30/h4-7,12-13H,3,8-11H2,1-2H3,(H2,25,26,33,37). The summed E-state index contributed by atoms with van der Waals surface area (Å²) in [6.45, 7) is 6.10. The third-order valence-electron chi connectivity index (χ3n) is 6.11. The number of rotatable bonds is 6. The van der Waals surface area contributed by atoms with Crippen molar-refractivity contribution in [3.8, 4) is 10.6 Å². The topological polar surface area (TPSA) is 140 Å². The summed E-state index contributed by atoms with van der Waals surface area (Å²) in [5, 5.41) is 30.9. The number of hydrogen-bond acceptors (Lipinski definition) is 10. The number of fused-ring (bicyclic) bond motifs is 1. The summed E-state index contributed by atoms with van der Waals surface area (Å²) in [4.78, 5) is 26.7.